The molecule has 0 atom stereocenters. The molecule has 0 aliphatic carbocycles. The van der Waals surface area contributed by atoms with E-state index in [-0.39, 0.29) is 21.9 Å². The highest BCUT2D eigenvalue weighted by Crippen LogP contribution is 2.40. The summed E-state index contributed by atoms with van der Waals surface area (Å²) >= 11 is 5.95. The summed E-state index contributed by atoms with van der Waals surface area (Å²) in [5.74, 6) is -1.06. The maximum Gasteiger partial charge on any atom is 0.417 e. The second-order valence-corrected chi connectivity index (χ2v) is 8.30. The lowest BCUT2D eigenvalue weighted by Crippen LogP contribution is -2.15. The van der Waals surface area contributed by atoms with Gasteiger partial charge in [0.1, 0.15) is 5.75 Å². The van der Waals surface area contributed by atoms with E-state index in [1.165, 1.54) is 31.2 Å². The minimum Gasteiger partial charge on any atom is -0.481 e. The fourth-order valence-electron chi connectivity index (χ4n) is 2.40. The third kappa shape index (κ3) is 4.96. The summed E-state index contributed by atoms with van der Waals surface area (Å²) in [4.78, 5) is 10.5. The topological polar surface area (TPSA) is 69.7 Å². The molecule has 2 rings (SSSR count). The van der Waals surface area contributed by atoms with Crippen molar-refractivity contribution < 1.29 is 35.9 Å². The molecule has 0 aliphatic rings. The summed E-state index contributed by atoms with van der Waals surface area (Å²) < 4.78 is 74.4. The molecule has 0 saturated carbocycles. The number of carbonyl (C=O) groups is 1. The SMILES string of the molecule is CCS(=O)(=O)c1ccc(-c2cc(Cl)ccc2OCC(=O)OC)cc1C(F)(F)F. The summed E-state index contributed by atoms with van der Waals surface area (Å²) in [7, 11) is -2.93. The number of alkyl halides is 3. The molecular weight excluding hydrogens is 421 g/mol. The van der Waals surface area contributed by atoms with Crippen LogP contribution in [-0.4, -0.2) is 33.9 Å². The molecule has 28 heavy (non-hydrogen) atoms. The van der Waals surface area contributed by atoms with Crippen molar-refractivity contribution in [3.05, 3.63) is 47.0 Å². The number of methoxy groups -OCH3 is 1. The molecule has 0 aromatic heterocycles. The zero-order chi connectivity index (χ0) is 21.1. The number of benzene rings is 2. The van der Waals surface area contributed by atoms with E-state index in [0.717, 1.165) is 19.2 Å². The Kier molecular flexibility index (Phi) is 6.61. The fraction of sp³-hybridized carbons (Fsp3) is 0.278. The van der Waals surface area contributed by atoms with Crippen LogP contribution in [0.5, 0.6) is 5.75 Å². The van der Waals surface area contributed by atoms with Gasteiger partial charge in [-0.2, -0.15) is 13.2 Å². The van der Waals surface area contributed by atoms with Crippen LogP contribution in [0.4, 0.5) is 13.2 Å². The summed E-state index contributed by atoms with van der Waals surface area (Å²) in [6.45, 7) is 0.804. The van der Waals surface area contributed by atoms with Gasteiger partial charge < -0.3 is 9.47 Å². The van der Waals surface area contributed by atoms with Crippen LogP contribution in [0.1, 0.15) is 12.5 Å². The Morgan fingerprint density at radius 3 is 2.39 bits per heavy atom. The Hall–Kier alpha value is -2.26. The monoisotopic (exact) mass is 436 g/mol. The number of halogens is 4. The second-order valence-electron chi connectivity index (χ2n) is 5.62. The van der Waals surface area contributed by atoms with Gasteiger partial charge in [0, 0.05) is 10.6 Å². The van der Waals surface area contributed by atoms with Crippen LogP contribution in [0.3, 0.4) is 0 Å². The molecule has 2 aromatic carbocycles. The van der Waals surface area contributed by atoms with E-state index in [1.54, 1.807) is 0 Å². The molecule has 0 N–H and O–H groups in total. The number of esters is 1. The molecule has 0 aliphatic heterocycles. The van der Waals surface area contributed by atoms with Crippen LogP contribution in [0.25, 0.3) is 11.1 Å². The van der Waals surface area contributed by atoms with E-state index < -0.39 is 44.8 Å². The second kappa shape index (κ2) is 8.40. The van der Waals surface area contributed by atoms with Gasteiger partial charge in [-0.05, 0) is 35.9 Å². The molecule has 0 unspecified atom stereocenters. The molecule has 0 heterocycles. The molecule has 0 bridgehead atoms. The van der Waals surface area contributed by atoms with Gasteiger partial charge in [-0.25, -0.2) is 13.2 Å². The Morgan fingerprint density at radius 1 is 1.14 bits per heavy atom. The van der Waals surface area contributed by atoms with Crippen LogP contribution in [-0.2, 0) is 25.5 Å². The van der Waals surface area contributed by atoms with Crippen LogP contribution < -0.4 is 4.74 Å². The molecule has 0 fully saturated rings. The highest BCUT2D eigenvalue weighted by atomic mass is 35.5. The van der Waals surface area contributed by atoms with Gasteiger partial charge in [0.15, 0.2) is 16.4 Å². The Morgan fingerprint density at radius 2 is 1.82 bits per heavy atom. The molecule has 0 amide bonds. The van der Waals surface area contributed by atoms with Crippen LogP contribution in [0.15, 0.2) is 41.3 Å². The summed E-state index contributed by atoms with van der Waals surface area (Å²) in [6.07, 6.45) is -4.89. The Bertz CT molecular complexity index is 987. The molecule has 0 radical (unpaired) electrons. The first-order valence-corrected chi connectivity index (χ1v) is 9.96. The lowest BCUT2D eigenvalue weighted by Gasteiger charge is -2.16. The highest BCUT2D eigenvalue weighted by molar-refractivity contribution is 7.91. The van der Waals surface area contributed by atoms with Gasteiger partial charge in [0.2, 0.25) is 0 Å². The number of ether oxygens (including phenoxy) is 2. The van der Waals surface area contributed by atoms with E-state index in [9.17, 15) is 26.4 Å². The van der Waals surface area contributed by atoms with Gasteiger partial charge in [0.25, 0.3) is 0 Å². The first-order valence-electron chi connectivity index (χ1n) is 7.93. The number of rotatable bonds is 6. The number of hydrogen-bond donors (Lipinski definition) is 0. The summed E-state index contributed by atoms with van der Waals surface area (Å²) in [5.41, 5.74) is -1.09. The standard InChI is InChI=1S/C18H16ClF3O5S/c1-3-28(24,25)16-7-4-11(8-14(16)18(20,21)22)13-9-12(19)5-6-15(13)27-10-17(23)26-2/h4-9H,3,10H2,1-2H3. The average Bonchev–Trinajstić information content (AvgIpc) is 2.65. The lowest BCUT2D eigenvalue weighted by molar-refractivity contribution is -0.143. The molecular formula is C18H16ClF3O5S. The minimum atomic E-state index is -4.89. The quantitative estimate of drug-likeness (QED) is 0.629. The Balaban J connectivity index is 2.63. The first-order chi connectivity index (χ1) is 13.0. The third-order valence-corrected chi connectivity index (χ3v) is 5.85. The zero-order valence-electron chi connectivity index (χ0n) is 14.8. The van der Waals surface area contributed by atoms with Gasteiger partial charge in [0.05, 0.1) is 23.3 Å². The first kappa shape index (κ1) is 22.0. The predicted molar refractivity (Wildman–Crippen MR) is 97.1 cm³/mol. The Labute approximate surface area is 164 Å². The molecule has 0 spiro atoms. The number of hydrogen-bond acceptors (Lipinski definition) is 5. The van der Waals surface area contributed by atoms with Crippen LogP contribution >= 0.6 is 11.6 Å². The van der Waals surface area contributed by atoms with Crippen molar-refractivity contribution in [2.24, 2.45) is 0 Å². The van der Waals surface area contributed by atoms with Crippen molar-refractivity contribution in [1.29, 1.82) is 0 Å². The number of carbonyl (C=O) groups excluding carboxylic acids is 1. The van der Waals surface area contributed by atoms with Gasteiger partial charge >= 0.3 is 12.1 Å². The lowest BCUT2D eigenvalue weighted by atomic mass is 10.0. The normalized spacial score (nSPS) is 11.9. The largest absolute Gasteiger partial charge is 0.481 e. The molecule has 0 saturated heterocycles. The molecule has 2 aromatic rings. The summed E-state index contributed by atoms with van der Waals surface area (Å²) in [6, 6.07) is 7.05. The fourth-order valence-corrected chi connectivity index (χ4v) is 3.66. The molecule has 5 nitrogen and oxygen atoms in total. The minimum absolute atomic E-state index is 0.0322. The van der Waals surface area contributed by atoms with Crippen LogP contribution in [0.2, 0.25) is 5.02 Å². The number of sulfone groups is 1. The van der Waals surface area contributed by atoms with Crippen molar-refractivity contribution in [2.75, 3.05) is 19.5 Å². The summed E-state index contributed by atoms with van der Waals surface area (Å²) in [5, 5.41) is 0.222. The van der Waals surface area contributed by atoms with Crippen molar-refractivity contribution in [2.45, 2.75) is 18.0 Å². The van der Waals surface area contributed by atoms with Gasteiger partial charge in [-0.15, -0.1) is 0 Å². The molecule has 152 valence electrons. The van der Waals surface area contributed by atoms with Crippen molar-refractivity contribution >= 4 is 27.4 Å². The van der Waals surface area contributed by atoms with E-state index in [2.05, 4.69) is 4.74 Å². The average molecular weight is 437 g/mol. The van der Waals surface area contributed by atoms with Crippen molar-refractivity contribution in [1.82, 2.24) is 0 Å². The maximum atomic E-state index is 13.5. The smallest absolute Gasteiger partial charge is 0.417 e. The van der Waals surface area contributed by atoms with Gasteiger partial charge in [-0.1, -0.05) is 24.6 Å². The van der Waals surface area contributed by atoms with Crippen molar-refractivity contribution in [3.63, 3.8) is 0 Å². The van der Waals surface area contributed by atoms with E-state index in [4.69, 9.17) is 16.3 Å². The highest BCUT2D eigenvalue weighted by Gasteiger charge is 2.37. The third-order valence-electron chi connectivity index (χ3n) is 3.83. The van der Waals surface area contributed by atoms with Crippen molar-refractivity contribution in [3.8, 4) is 16.9 Å². The van der Waals surface area contributed by atoms with E-state index >= 15 is 0 Å². The zero-order valence-corrected chi connectivity index (χ0v) is 16.4. The predicted octanol–water partition coefficient (Wildman–Crippen LogP) is 4.37. The maximum absolute atomic E-state index is 13.5. The van der Waals surface area contributed by atoms with E-state index in [0.29, 0.717) is 0 Å². The molecule has 10 heteroatoms. The van der Waals surface area contributed by atoms with E-state index in [1.807, 2.05) is 0 Å². The van der Waals surface area contributed by atoms with Crippen LogP contribution in [0, 0.1) is 0 Å². The van der Waals surface area contributed by atoms with Gasteiger partial charge in [-0.3, -0.25) is 0 Å².